The number of esters is 1. The Labute approximate surface area is 138 Å². The Bertz CT molecular complexity index is 955. The Morgan fingerprint density at radius 2 is 2.17 bits per heavy atom. The van der Waals surface area contributed by atoms with Gasteiger partial charge in [0.2, 0.25) is 0 Å². The van der Waals surface area contributed by atoms with Gasteiger partial charge < -0.3 is 4.74 Å². The number of hydrogen-bond donors (Lipinski definition) is 0. The van der Waals surface area contributed by atoms with Crippen molar-refractivity contribution in [2.75, 3.05) is 6.61 Å². The molecular weight excluding hydrogens is 306 g/mol. The van der Waals surface area contributed by atoms with Crippen LogP contribution in [-0.2, 0) is 11.3 Å². The highest BCUT2D eigenvalue weighted by Gasteiger charge is 2.20. The molecule has 0 saturated heterocycles. The van der Waals surface area contributed by atoms with E-state index in [1.807, 2.05) is 37.3 Å². The Morgan fingerprint density at radius 1 is 1.38 bits per heavy atom. The van der Waals surface area contributed by atoms with Gasteiger partial charge in [-0.3, -0.25) is 0 Å². The maximum Gasteiger partial charge on any atom is 0.340 e. The number of pyridine rings is 1. The number of hydrogen-bond acceptors (Lipinski definition) is 6. The summed E-state index contributed by atoms with van der Waals surface area (Å²) in [6.07, 6.45) is 1.44. The first kappa shape index (κ1) is 15.6. The third-order valence-corrected chi connectivity index (χ3v) is 3.65. The van der Waals surface area contributed by atoms with Gasteiger partial charge in [0.25, 0.3) is 5.82 Å². The van der Waals surface area contributed by atoms with Crippen LogP contribution in [0.2, 0.25) is 0 Å². The molecule has 3 rings (SSSR count). The summed E-state index contributed by atoms with van der Waals surface area (Å²) < 4.78 is 6.67. The van der Waals surface area contributed by atoms with Crippen molar-refractivity contribution in [1.29, 1.82) is 5.26 Å². The van der Waals surface area contributed by atoms with Gasteiger partial charge in [-0.05, 0) is 25.5 Å². The second-order valence-corrected chi connectivity index (χ2v) is 5.17. The first-order chi connectivity index (χ1) is 11.6. The highest BCUT2D eigenvalue weighted by molar-refractivity contribution is 5.98. The number of carbonyl (C=O) groups excluding carboxylic acids is 1. The van der Waals surface area contributed by atoms with Crippen LogP contribution in [0.15, 0.2) is 30.6 Å². The number of benzene rings is 1. The summed E-state index contributed by atoms with van der Waals surface area (Å²) in [5.41, 5.74) is 2.58. The van der Waals surface area contributed by atoms with Gasteiger partial charge in [-0.2, -0.15) is 5.26 Å². The molecule has 0 saturated carbocycles. The summed E-state index contributed by atoms with van der Waals surface area (Å²) in [4.78, 5) is 20.9. The van der Waals surface area contributed by atoms with E-state index in [1.54, 1.807) is 6.92 Å². The van der Waals surface area contributed by atoms with Gasteiger partial charge in [0.1, 0.15) is 12.4 Å². The molecule has 7 heteroatoms. The first-order valence-electron chi connectivity index (χ1n) is 7.49. The van der Waals surface area contributed by atoms with Crippen LogP contribution in [0.4, 0.5) is 0 Å². The lowest BCUT2D eigenvalue weighted by atomic mass is 10.0. The molecule has 0 aliphatic heterocycles. The van der Waals surface area contributed by atoms with Gasteiger partial charge in [0, 0.05) is 5.39 Å². The van der Waals surface area contributed by atoms with E-state index in [0.717, 1.165) is 16.5 Å². The molecule has 0 amide bonds. The second-order valence-electron chi connectivity index (χ2n) is 5.17. The van der Waals surface area contributed by atoms with Crippen molar-refractivity contribution in [3.63, 3.8) is 0 Å². The Hall–Kier alpha value is -3.27. The van der Waals surface area contributed by atoms with Crippen molar-refractivity contribution in [2.45, 2.75) is 20.4 Å². The minimum atomic E-state index is -0.413. The number of rotatable bonds is 4. The van der Waals surface area contributed by atoms with Crippen LogP contribution in [0, 0.1) is 18.3 Å². The van der Waals surface area contributed by atoms with Crippen molar-refractivity contribution in [3.8, 4) is 6.07 Å². The van der Waals surface area contributed by atoms with E-state index in [1.165, 1.54) is 11.0 Å². The summed E-state index contributed by atoms with van der Waals surface area (Å²) in [6, 6.07) is 9.49. The lowest BCUT2D eigenvalue weighted by Gasteiger charge is -2.13. The zero-order valence-corrected chi connectivity index (χ0v) is 13.4. The van der Waals surface area contributed by atoms with Gasteiger partial charge in [0.05, 0.1) is 29.9 Å². The number of carbonyl (C=O) groups is 1. The van der Waals surface area contributed by atoms with Crippen molar-refractivity contribution in [1.82, 2.24) is 19.7 Å². The van der Waals surface area contributed by atoms with Crippen molar-refractivity contribution >= 4 is 16.9 Å². The maximum atomic E-state index is 12.4. The highest BCUT2D eigenvalue weighted by Crippen LogP contribution is 2.24. The fraction of sp³-hybridized carbons (Fsp3) is 0.235. The van der Waals surface area contributed by atoms with Gasteiger partial charge in [0.15, 0.2) is 0 Å². The molecule has 24 heavy (non-hydrogen) atoms. The predicted octanol–water partition coefficient (Wildman–Crippen LogP) is 2.23. The third-order valence-electron chi connectivity index (χ3n) is 3.65. The standard InChI is InChI=1S/C17H15N5O2/c1-3-24-17(23)16-11(2)12-6-4-5-7-13(12)20-14(16)9-22-10-19-15(8-18)21-22/h4-7,10H,3,9H2,1-2H3. The maximum absolute atomic E-state index is 12.4. The van der Waals surface area contributed by atoms with E-state index >= 15 is 0 Å². The number of aryl methyl sites for hydroxylation is 1. The zero-order valence-electron chi connectivity index (χ0n) is 13.4. The number of aromatic nitrogens is 4. The van der Waals surface area contributed by atoms with E-state index < -0.39 is 5.97 Å². The average Bonchev–Trinajstić information content (AvgIpc) is 3.03. The third kappa shape index (κ3) is 2.82. The van der Waals surface area contributed by atoms with E-state index in [9.17, 15) is 4.79 Å². The summed E-state index contributed by atoms with van der Waals surface area (Å²) in [5.74, 6) is -0.339. The summed E-state index contributed by atoms with van der Waals surface area (Å²) >= 11 is 0. The molecular formula is C17H15N5O2. The minimum Gasteiger partial charge on any atom is -0.462 e. The van der Waals surface area contributed by atoms with Crippen LogP contribution < -0.4 is 0 Å². The van der Waals surface area contributed by atoms with Crippen LogP contribution in [0.25, 0.3) is 10.9 Å². The van der Waals surface area contributed by atoms with Crippen LogP contribution >= 0.6 is 0 Å². The van der Waals surface area contributed by atoms with Gasteiger partial charge in [-0.15, -0.1) is 5.10 Å². The van der Waals surface area contributed by atoms with Crippen LogP contribution in [0.1, 0.15) is 34.4 Å². The zero-order chi connectivity index (χ0) is 17.1. The van der Waals surface area contributed by atoms with Gasteiger partial charge in [-0.1, -0.05) is 18.2 Å². The van der Waals surface area contributed by atoms with E-state index in [0.29, 0.717) is 11.3 Å². The molecule has 0 N–H and O–H groups in total. The molecule has 0 radical (unpaired) electrons. The number of nitrogens with zero attached hydrogens (tertiary/aromatic N) is 5. The number of para-hydroxylation sites is 1. The van der Waals surface area contributed by atoms with E-state index in [2.05, 4.69) is 15.1 Å². The molecule has 0 aliphatic carbocycles. The number of fused-ring (bicyclic) bond motifs is 1. The summed E-state index contributed by atoms with van der Waals surface area (Å²) in [6.45, 7) is 4.15. The Kier molecular flexibility index (Phi) is 4.20. The molecule has 0 aliphatic rings. The molecule has 3 aromatic rings. The smallest absolute Gasteiger partial charge is 0.340 e. The number of nitriles is 1. The molecule has 0 fully saturated rings. The van der Waals surface area contributed by atoms with Crippen molar-refractivity contribution in [3.05, 3.63) is 53.2 Å². The average molecular weight is 321 g/mol. The van der Waals surface area contributed by atoms with Crippen molar-refractivity contribution < 1.29 is 9.53 Å². The first-order valence-corrected chi connectivity index (χ1v) is 7.49. The molecule has 2 aromatic heterocycles. The van der Waals surface area contributed by atoms with Gasteiger partial charge in [-0.25, -0.2) is 19.4 Å². The normalized spacial score (nSPS) is 10.5. The SMILES string of the molecule is CCOC(=O)c1c(Cn2cnc(C#N)n2)nc2ccccc2c1C. The van der Waals surface area contributed by atoms with Gasteiger partial charge >= 0.3 is 5.97 Å². The molecule has 120 valence electrons. The summed E-state index contributed by atoms with van der Waals surface area (Å²) in [5, 5.41) is 13.8. The van der Waals surface area contributed by atoms with E-state index in [-0.39, 0.29) is 19.0 Å². The van der Waals surface area contributed by atoms with E-state index in [4.69, 9.17) is 10.00 Å². The fourth-order valence-corrected chi connectivity index (χ4v) is 2.60. The van der Waals surface area contributed by atoms with Crippen LogP contribution in [0.3, 0.4) is 0 Å². The molecule has 7 nitrogen and oxygen atoms in total. The Morgan fingerprint density at radius 3 is 2.88 bits per heavy atom. The topological polar surface area (TPSA) is 93.7 Å². The molecule has 0 spiro atoms. The fourth-order valence-electron chi connectivity index (χ4n) is 2.60. The highest BCUT2D eigenvalue weighted by atomic mass is 16.5. The van der Waals surface area contributed by atoms with Crippen LogP contribution in [0.5, 0.6) is 0 Å². The molecule has 2 heterocycles. The van der Waals surface area contributed by atoms with Crippen LogP contribution in [-0.4, -0.2) is 32.3 Å². The molecule has 1 aromatic carbocycles. The second kappa shape index (κ2) is 6.46. The monoisotopic (exact) mass is 321 g/mol. The quantitative estimate of drug-likeness (QED) is 0.684. The largest absolute Gasteiger partial charge is 0.462 e. The lowest BCUT2D eigenvalue weighted by Crippen LogP contribution is -2.15. The number of ether oxygens (including phenoxy) is 1. The molecule has 0 atom stereocenters. The predicted molar refractivity (Wildman–Crippen MR) is 86.3 cm³/mol. The summed E-state index contributed by atoms with van der Waals surface area (Å²) in [7, 11) is 0. The lowest BCUT2D eigenvalue weighted by molar-refractivity contribution is 0.0523. The molecule has 0 unspecified atom stereocenters. The van der Waals surface area contributed by atoms with Crippen molar-refractivity contribution in [2.24, 2.45) is 0 Å². The Balaban J connectivity index is 2.14. The molecule has 0 bridgehead atoms. The minimum absolute atomic E-state index is 0.0743.